The van der Waals surface area contributed by atoms with Crippen LogP contribution in [0.15, 0.2) is 151 Å². The van der Waals surface area contributed by atoms with Gasteiger partial charge in [-0.3, -0.25) is 33.4 Å². The summed E-state index contributed by atoms with van der Waals surface area (Å²) >= 11 is 1.52. The van der Waals surface area contributed by atoms with E-state index in [0.29, 0.717) is 75.9 Å². The summed E-state index contributed by atoms with van der Waals surface area (Å²) in [6.45, 7) is 13.3. The van der Waals surface area contributed by atoms with E-state index in [-0.39, 0.29) is 78.4 Å². The normalized spacial score (nSPS) is 21.7. The molecule has 0 bridgehead atoms. The van der Waals surface area contributed by atoms with Gasteiger partial charge >= 0.3 is 0 Å². The molecule has 8 aliphatic rings. The van der Waals surface area contributed by atoms with Gasteiger partial charge in [-0.2, -0.15) is 35.5 Å². The second kappa shape index (κ2) is 31.2. The van der Waals surface area contributed by atoms with Crippen LogP contribution in [-0.2, 0) is 58.3 Å². The van der Waals surface area contributed by atoms with E-state index in [2.05, 4.69) is 90.1 Å². The van der Waals surface area contributed by atoms with E-state index in [9.17, 15) is 37.5 Å². The Morgan fingerprint density at radius 3 is 1.54 bits per heavy atom. The summed E-state index contributed by atoms with van der Waals surface area (Å²) in [7, 11) is 0. The molecule has 2 fully saturated rings. The van der Waals surface area contributed by atoms with Crippen LogP contribution in [0.25, 0.3) is 16.7 Å². The van der Waals surface area contributed by atoms with Crippen molar-refractivity contribution in [3.05, 3.63) is 181 Å². The Morgan fingerprint density at radius 1 is 0.573 bits per heavy atom. The number of carbonyl (C=O) groups excluding carboxylic acids is 6. The fraction of sp³-hybridized carbons (Fsp3) is 0.440. The van der Waals surface area contributed by atoms with Crippen molar-refractivity contribution >= 4 is 63.5 Å². The standard InChI is InChI=1S/C26H32N6O2.C25H25F3N4O3.C24H26FN5O3S/c1-3-4-5-6-18-9-11-20(12-10-18)26(2)15-21(22-13-14-31(29-22)17-19-7-8-19)24(25(34)28-26)32-23(33)16-27-30-32;1-3-4-11-35-17-9-10-19(20(26)12-17)25(2)13-18(15-5-7-16(8-6-15)23(27)28)22(24(34)30-25)32-21(33)14-29-31-32;1-3-4-9-33-15-7-8-17(18(25)10-15)24(2)11-16(23-26-12-19(34-23)14-5-6-14)21(22(32)28-24)30-20(31)13-27-29-30/h9-14,19H,3-8,15-17H2,1-2H3,(H,28,34);5-10,12,23H,3-4,11,13-14H2,1-2H3,(H,30,34);7-8,10,12,14H,3-6,9,11,13H2,1-2H3,(H,28,32). The SMILES string of the molecule is CCCCCc1ccc(C2(C)CC(c3ccn(CC4CC4)n3)=C(N3N=NCC3=O)C(=O)N2)cc1.CCCCOc1ccc(C2(C)CC(c3ccc(C(F)F)cc3)=C(N3N=NCC3=O)C(=O)N2)c(F)c1.CCCCOc1ccc(C2(C)CC(c3ncc(C4CC4)s3)=C(N3N=NCC3=O)C(=O)N2)c(F)c1. The molecule has 3 N–H and O–H groups in total. The van der Waals surface area contributed by atoms with E-state index >= 15 is 8.78 Å². The summed E-state index contributed by atoms with van der Waals surface area (Å²) in [5, 5.41) is 40.3. The quantitative estimate of drug-likeness (QED) is 0.0360. The Morgan fingerprint density at radius 2 is 1.07 bits per heavy atom. The van der Waals surface area contributed by atoms with E-state index in [1.165, 1.54) is 85.4 Å². The highest BCUT2D eigenvalue weighted by atomic mass is 32.1. The van der Waals surface area contributed by atoms with E-state index in [0.717, 1.165) is 82.5 Å². The first-order valence-corrected chi connectivity index (χ1v) is 36.0. The summed E-state index contributed by atoms with van der Waals surface area (Å²) in [6.07, 6.45) is 15.0. The smallest absolute Gasteiger partial charge is 0.272 e. The van der Waals surface area contributed by atoms with E-state index in [1.807, 2.05) is 37.0 Å². The van der Waals surface area contributed by atoms with Gasteiger partial charge in [-0.15, -0.1) is 11.3 Å². The van der Waals surface area contributed by atoms with E-state index < -0.39 is 52.4 Å². The Balaban J connectivity index is 0.000000146. The van der Waals surface area contributed by atoms with Crippen molar-refractivity contribution in [3.63, 3.8) is 0 Å². The number of aryl methyl sites for hydroxylation is 1. The summed E-state index contributed by atoms with van der Waals surface area (Å²) in [5.74, 6) is -1.68. The van der Waals surface area contributed by atoms with Crippen LogP contribution in [0.4, 0.5) is 17.6 Å². The summed E-state index contributed by atoms with van der Waals surface area (Å²) in [5.41, 5.74) is 2.96. The Kier molecular flexibility index (Phi) is 22.0. The molecule has 6 amide bonds. The van der Waals surface area contributed by atoms with Crippen molar-refractivity contribution in [2.45, 2.75) is 173 Å². The lowest BCUT2D eigenvalue weighted by Gasteiger charge is -2.38. The molecule has 6 aromatic rings. The number of benzene rings is 4. The highest BCUT2D eigenvalue weighted by Crippen LogP contribution is 2.48. The van der Waals surface area contributed by atoms with Crippen LogP contribution < -0.4 is 25.4 Å². The van der Waals surface area contributed by atoms with Gasteiger partial charge in [0, 0.05) is 83.0 Å². The number of hydrogen-bond acceptors (Lipinski definition) is 17. The molecule has 0 saturated heterocycles. The lowest BCUT2D eigenvalue weighted by molar-refractivity contribution is -0.130. The van der Waals surface area contributed by atoms with Crippen molar-refractivity contribution < 1.29 is 55.8 Å². The minimum atomic E-state index is -2.65. The number of nitrogens with one attached hydrogen (secondary N) is 3. The Hall–Kier alpha value is -10.1. The number of ether oxygens (including phenoxy) is 2. The molecule has 2 aromatic heterocycles. The van der Waals surface area contributed by atoms with Gasteiger partial charge < -0.3 is 25.4 Å². The third-order valence-corrected chi connectivity index (χ3v) is 20.5. The molecule has 6 aliphatic heterocycles. The third-order valence-electron chi connectivity index (χ3n) is 19.3. The number of hydrogen-bond donors (Lipinski definition) is 3. The van der Waals surface area contributed by atoms with Gasteiger partial charge in [-0.05, 0) is 124 Å². The monoisotopic (exact) mass is 1430 g/mol. The first-order chi connectivity index (χ1) is 49.6. The maximum Gasteiger partial charge on any atom is 0.272 e. The van der Waals surface area contributed by atoms with Crippen LogP contribution >= 0.6 is 11.3 Å². The number of amides is 6. The van der Waals surface area contributed by atoms with Gasteiger partial charge in [0.1, 0.15) is 64.9 Å². The second-order valence-corrected chi connectivity index (χ2v) is 28.7. The number of unbranched alkanes of at least 4 members (excludes halogenated alkanes) is 4. The van der Waals surface area contributed by atoms with E-state index in [4.69, 9.17) is 14.6 Å². The topological polar surface area (TPSA) is 272 Å². The highest BCUT2D eigenvalue weighted by molar-refractivity contribution is 7.12. The molecule has 2 aliphatic carbocycles. The molecule has 540 valence electrons. The molecule has 4 aromatic carbocycles. The fourth-order valence-corrected chi connectivity index (χ4v) is 14.4. The number of thiazole rings is 1. The van der Waals surface area contributed by atoms with Crippen molar-refractivity contribution in [1.82, 2.24) is 45.7 Å². The van der Waals surface area contributed by atoms with Crippen molar-refractivity contribution in [2.75, 3.05) is 32.8 Å². The van der Waals surface area contributed by atoms with Crippen molar-refractivity contribution in [1.29, 1.82) is 0 Å². The zero-order valence-corrected chi connectivity index (χ0v) is 59.3. The molecule has 8 heterocycles. The summed E-state index contributed by atoms with van der Waals surface area (Å²) in [4.78, 5) is 83.0. The minimum absolute atomic E-state index is 0.0447. The summed E-state index contributed by atoms with van der Waals surface area (Å²) < 4.78 is 69.8. The summed E-state index contributed by atoms with van der Waals surface area (Å²) in [6, 6.07) is 25.1. The number of nitrogens with zero attached hydrogens (tertiary/aromatic N) is 12. The minimum Gasteiger partial charge on any atom is -0.493 e. The third kappa shape index (κ3) is 16.4. The zero-order chi connectivity index (χ0) is 72.7. The molecule has 0 radical (unpaired) electrons. The Bertz CT molecular complexity index is 4430. The predicted molar refractivity (Wildman–Crippen MR) is 375 cm³/mol. The maximum atomic E-state index is 15.3. The fourth-order valence-electron chi connectivity index (χ4n) is 13.3. The van der Waals surface area contributed by atoms with E-state index in [1.54, 1.807) is 38.1 Å². The highest BCUT2D eigenvalue weighted by Gasteiger charge is 2.47. The number of halogens is 4. The molecular formula is C75H83F4N15O8S. The lowest BCUT2D eigenvalue weighted by Crippen LogP contribution is -2.51. The predicted octanol–water partition coefficient (Wildman–Crippen LogP) is 14.4. The number of carbonyl (C=O) groups is 6. The molecule has 28 heteroatoms. The molecule has 23 nitrogen and oxygen atoms in total. The lowest BCUT2D eigenvalue weighted by atomic mass is 9.79. The maximum absolute atomic E-state index is 15.3. The van der Waals surface area contributed by atoms with Crippen LogP contribution in [0.2, 0.25) is 0 Å². The van der Waals surface area contributed by atoms with Crippen LogP contribution in [0.3, 0.4) is 0 Å². The average Bonchev–Trinajstić information content (AvgIpc) is 1.25. The zero-order valence-electron chi connectivity index (χ0n) is 58.4. The molecule has 0 spiro atoms. The molecular weight excluding hydrogens is 1350 g/mol. The number of alkyl halides is 2. The van der Waals surface area contributed by atoms with Gasteiger partial charge in [-0.1, -0.05) is 123 Å². The molecule has 3 atom stereocenters. The largest absolute Gasteiger partial charge is 0.493 e. The first kappa shape index (κ1) is 72.7. The number of rotatable bonds is 25. The van der Waals surface area contributed by atoms with Crippen LogP contribution in [-0.4, -0.2) is 98.1 Å². The molecule has 14 rings (SSSR count). The van der Waals surface area contributed by atoms with Crippen LogP contribution in [0.1, 0.15) is 193 Å². The van der Waals surface area contributed by atoms with Gasteiger partial charge in [0.15, 0.2) is 0 Å². The average molecular weight is 1430 g/mol. The van der Waals surface area contributed by atoms with Gasteiger partial charge in [0.25, 0.3) is 41.9 Å². The second-order valence-electron chi connectivity index (χ2n) is 27.6. The first-order valence-electron chi connectivity index (χ1n) is 35.2. The van der Waals surface area contributed by atoms with Gasteiger partial charge in [0.05, 0.1) is 35.5 Å². The van der Waals surface area contributed by atoms with Crippen molar-refractivity contribution in [3.8, 4) is 11.5 Å². The molecule has 2 saturated carbocycles. The van der Waals surface area contributed by atoms with Crippen LogP contribution in [0, 0.1) is 17.6 Å². The molecule has 103 heavy (non-hydrogen) atoms. The number of aromatic nitrogens is 3. The Labute approximate surface area is 598 Å². The van der Waals surface area contributed by atoms with Gasteiger partial charge in [0.2, 0.25) is 0 Å². The van der Waals surface area contributed by atoms with Crippen molar-refractivity contribution in [2.24, 2.45) is 36.9 Å². The van der Waals surface area contributed by atoms with Crippen LogP contribution in [0.5, 0.6) is 11.5 Å². The molecule has 3 unspecified atom stereocenters. The van der Waals surface area contributed by atoms with Gasteiger partial charge in [-0.25, -0.2) is 22.5 Å².